The Bertz CT molecular complexity index is 456. The fourth-order valence-electron chi connectivity index (χ4n) is 5.44. The molecule has 0 atom stereocenters. The maximum atomic E-state index is 12.7. The van der Waals surface area contributed by atoms with Crippen LogP contribution in [0.3, 0.4) is 0 Å². The lowest BCUT2D eigenvalue weighted by Gasteiger charge is -2.56. The van der Waals surface area contributed by atoms with Gasteiger partial charge in [-0.3, -0.25) is 4.79 Å². The Kier molecular flexibility index (Phi) is 5.90. The molecule has 0 saturated carbocycles. The second kappa shape index (κ2) is 6.42. The van der Waals surface area contributed by atoms with E-state index in [4.69, 9.17) is 0 Å². The first kappa shape index (κ1) is 21.1. The standard InChI is InChI=1S/C17H39NOSi4/c1-15(2)12-18-13-16(17(18)19)14-23(20(3,4)5,21(6,7)8)22(9,10)11/h14-15H,12-13H2,1-11H3/b16-14+. The summed E-state index contributed by atoms with van der Waals surface area (Å²) in [5.74, 6) is 0.902. The van der Waals surface area contributed by atoms with Crippen LogP contribution in [-0.4, -0.2) is 53.3 Å². The third-order valence-corrected chi connectivity index (χ3v) is 76.4. The quantitative estimate of drug-likeness (QED) is 0.370. The Morgan fingerprint density at radius 1 is 0.913 bits per heavy atom. The zero-order valence-electron chi connectivity index (χ0n) is 17.4. The Morgan fingerprint density at radius 2 is 1.30 bits per heavy atom. The van der Waals surface area contributed by atoms with Crippen molar-refractivity contribution in [2.45, 2.75) is 72.8 Å². The SMILES string of the molecule is CC(C)CN1C/C(=C\[Si]([Si](C)(C)C)([Si](C)(C)C)[Si](C)(C)C)C1=O. The zero-order chi connectivity index (χ0) is 18.4. The van der Waals surface area contributed by atoms with Crippen LogP contribution in [0.15, 0.2) is 11.3 Å². The van der Waals surface area contributed by atoms with Gasteiger partial charge in [-0.2, -0.15) is 0 Å². The van der Waals surface area contributed by atoms with Gasteiger partial charge in [0.1, 0.15) is 0 Å². The average Bonchev–Trinajstić information content (AvgIpc) is 2.26. The largest absolute Gasteiger partial charge is 0.334 e. The predicted octanol–water partition coefficient (Wildman–Crippen LogP) is 4.65. The molecular weight excluding hydrogens is 347 g/mol. The lowest BCUT2D eigenvalue weighted by Crippen LogP contribution is -2.82. The monoisotopic (exact) mass is 385 g/mol. The molecule has 0 aromatic carbocycles. The van der Waals surface area contributed by atoms with Crippen LogP contribution >= 0.6 is 0 Å². The minimum atomic E-state index is -1.54. The van der Waals surface area contributed by atoms with Crippen molar-refractivity contribution in [3.8, 4) is 0 Å². The minimum Gasteiger partial charge on any atom is -0.334 e. The second-order valence-electron chi connectivity index (χ2n) is 10.8. The summed E-state index contributed by atoms with van der Waals surface area (Å²) in [5.41, 5.74) is 3.83. The smallest absolute Gasteiger partial charge is 0.251 e. The summed E-state index contributed by atoms with van der Waals surface area (Å²) in [6.07, 6.45) is 0. The maximum absolute atomic E-state index is 12.7. The van der Waals surface area contributed by atoms with Crippen LogP contribution in [0.5, 0.6) is 0 Å². The molecule has 1 heterocycles. The molecule has 2 nitrogen and oxygen atoms in total. The summed E-state index contributed by atoms with van der Waals surface area (Å²) in [5, 5.41) is 0. The first-order valence-corrected chi connectivity index (χ1v) is 24.6. The molecule has 23 heavy (non-hydrogen) atoms. The molecule has 1 aliphatic heterocycles. The van der Waals surface area contributed by atoms with Gasteiger partial charge in [0, 0.05) is 34.9 Å². The van der Waals surface area contributed by atoms with E-state index in [-0.39, 0.29) is 0 Å². The number of rotatable bonds is 6. The molecule has 0 aromatic rings. The lowest BCUT2D eigenvalue weighted by atomic mass is 10.1. The van der Waals surface area contributed by atoms with E-state index in [1.54, 1.807) is 0 Å². The van der Waals surface area contributed by atoms with Gasteiger partial charge < -0.3 is 4.90 Å². The molecule has 134 valence electrons. The van der Waals surface area contributed by atoms with Gasteiger partial charge in [0.25, 0.3) is 5.91 Å². The first-order valence-electron chi connectivity index (χ1n) is 9.05. The van der Waals surface area contributed by atoms with Gasteiger partial charge >= 0.3 is 0 Å². The normalized spacial score (nSPS) is 19.6. The van der Waals surface area contributed by atoms with Crippen molar-refractivity contribution in [3.05, 3.63) is 11.3 Å². The molecule has 1 fully saturated rings. The van der Waals surface area contributed by atoms with Crippen molar-refractivity contribution in [1.29, 1.82) is 0 Å². The van der Waals surface area contributed by atoms with Gasteiger partial charge in [0.2, 0.25) is 0 Å². The minimum absolute atomic E-state index is 0.338. The second-order valence-corrected chi connectivity index (χ2v) is 51.3. The van der Waals surface area contributed by atoms with Crippen LogP contribution in [0.2, 0.25) is 58.9 Å². The van der Waals surface area contributed by atoms with E-state index in [0.29, 0.717) is 11.8 Å². The predicted molar refractivity (Wildman–Crippen MR) is 115 cm³/mol. The van der Waals surface area contributed by atoms with E-state index in [2.05, 4.69) is 78.5 Å². The molecule has 0 radical (unpaired) electrons. The summed E-state index contributed by atoms with van der Waals surface area (Å²) in [4.78, 5) is 14.7. The molecule has 1 saturated heterocycles. The molecule has 0 aliphatic carbocycles. The summed E-state index contributed by atoms with van der Waals surface area (Å²) in [6, 6.07) is 0. The number of hydrogen-bond donors (Lipinski definition) is 0. The Hall–Kier alpha value is 0.0775. The Balaban J connectivity index is 3.35. The maximum Gasteiger partial charge on any atom is 0.251 e. The van der Waals surface area contributed by atoms with Crippen LogP contribution in [0.25, 0.3) is 0 Å². The molecular formula is C17H39NOSi4. The molecule has 1 aliphatic rings. The number of hydrogen-bond acceptors (Lipinski definition) is 1. The van der Waals surface area contributed by atoms with Crippen molar-refractivity contribution in [3.63, 3.8) is 0 Å². The molecule has 0 N–H and O–H groups in total. The highest BCUT2D eigenvalue weighted by Gasteiger charge is 2.60. The molecule has 0 bridgehead atoms. The van der Waals surface area contributed by atoms with Gasteiger partial charge in [-0.05, 0) is 5.92 Å². The molecule has 0 spiro atoms. The van der Waals surface area contributed by atoms with Gasteiger partial charge in [-0.15, -0.1) is 0 Å². The first-order chi connectivity index (χ1) is 10.0. The summed E-state index contributed by atoms with van der Waals surface area (Å²) >= 11 is 0. The fourth-order valence-corrected chi connectivity index (χ4v) is 101. The van der Waals surface area contributed by atoms with E-state index in [1.165, 1.54) is 5.57 Å². The van der Waals surface area contributed by atoms with Gasteiger partial charge in [-0.1, -0.05) is 78.5 Å². The number of nitrogens with zero attached hydrogens (tertiary/aromatic N) is 1. The average molecular weight is 386 g/mol. The van der Waals surface area contributed by atoms with Crippen molar-refractivity contribution < 1.29 is 4.79 Å². The highest BCUT2D eigenvalue weighted by atomic mass is 29.9. The summed E-state index contributed by atoms with van der Waals surface area (Å²) < 4.78 is 0. The van der Waals surface area contributed by atoms with Gasteiger partial charge in [0.15, 0.2) is 0 Å². The zero-order valence-corrected chi connectivity index (χ0v) is 21.4. The van der Waals surface area contributed by atoms with Crippen molar-refractivity contribution in [1.82, 2.24) is 4.90 Å². The number of amides is 1. The van der Waals surface area contributed by atoms with Gasteiger partial charge in [0.05, 0.1) is 13.2 Å². The lowest BCUT2D eigenvalue weighted by molar-refractivity contribution is -0.133. The number of carbonyl (C=O) groups is 1. The van der Waals surface area contributed by atoms with E-state index < -0.39 is 29.4 Å². The van der Waals surface area contributed by atoms with Gasteiger partial charge in [-0.25, -0.2) is 0 Å². The van der Waals surface area contributed by atoms with Crippen LogP contribution in [-0.2, 0) is 4.79 Å². The molecule has 1 amide bonds. The number of β-lactam (4-membered cyclic amide) rings is 1. The van der Waals surface area contributed by atoms with E-state index in [0.717, 1.165) is 13.1 Å². The van der Waals surface area contributed by atoms with Crippen LogP contribution in [0.4, 0.5) is 0 Å². The Labute approximate surface area is 148 Å². The molecule has 0 aromatic heterocycles. The molecule has 1 rings (SSSR count). The summed E-state index contributed by atoms with van der Waals surface area (Å²) in [6.45, 7) is 27.9. The highest BCUT2D eigenvalue weighted by Crippen LogP contribution is 2.39. The fraction of sp³-hybridized carbons (Fsp3) is 0.824. The molecule has 0 unspecified atom stereocenters. The number of likely N-dealkylation sites (tertiary alicyclic amines) is 1. The molecule has 6 heteroatoms. The van der Waals surface area contributed by atoms with Crippen LogP contribution in [0, 0.1) is 5.92 Å². The summed E-state index contributed by atoms with van der Waals surface area (Å²) in [7, 11) is -3.96. The van der Waals surface area contributed by atoms with Crippen LogP contribution < -0.4 is 0 Å². The highest BCUT2D eigenvalue weighted by molar-refractivity contribution is 7.90. The van der Waals surface area contributed by atoms with Crippen molar-refractivity contribution in [2.75, 3.05) is 13.1 Å². The Morgan fingerprint density at radius 3 is 1.57 bits per heavy atom. The topological polar surface area (TPSA) is 20.3 Å². The third-order valence-electron chi connectivity index (χ3n) is 5.45. The van der Waals surface area contributed by atoms with E-state index in [1.807, 2.05) is 4.90 Å². The van der Waals surface area contributed by atoms with Crippen molar-refractivity contribution in [2.24, 2.45) is 5.92 Å². The van der Waals surface area contributed by atoms with Crippen molar-refractivity contribution >= 4 is 35.3 Å². The van der Waals surface area contributed by atoms with E-state index in [9.17, 15) is 4.79 Å². The van der Waals surface area contributed by atoms with E-state index >= 15 is 0 Å². The third kappa shape index (κ3) is 3.85. The number of carbonyl (C=O) groups excluding carboxylic acids is 1. The van der Waals surface area contributed by atoms with Crippen LogP contribution in [0.1, 0.15) is 13.8 Å².